The third kappa shape index (κ3) is 3.30. The molecule has 1 aliphatic carbocycles. The minimum Gasteiger partial charge on any atom is -0.449 e. The molecule has 0 radical (unpaired) electrons. The molecule has 0 saturated heterocycles. The fraction of sp³-hybridized carbons (Fsp3) is 0.261. The van der Waals surface area contributed by atoms with Crippen LogP contribution in [0.1, 0.15) is 74.6 Å². The van der Waals surface area contributed by atoms with Gasteiger partial charge in [0.1, 0.15) is 0 Å². The maximum absolute atomic E-state index is 12.6. The summed E-state index contributed by atoms with van der Waals surface area (Å²) in [4.78, 5) is 43.1. The zero-order valence-corrected chi connectivity index (χ0v) is 16.7. The Bertz CT molecular complexity index is 1130. The monoisotopic (exact) mass is 417 g/mol. The van der Waals surface area contributed by atoms with Crippen molar-refractivity contribution in [3.8, 4) is 0 Å². The molecular weight excluding hydrogens is 398 g/mol. The second-order valence-electron chi connectivity index (χ2n) is 7.75. The number of carbonyl (C=O) groups is 3. The van der Waals surface area contributed by atoms with Gasteiger partial charge in [0.05, 0.1) is 16.7 Å². The molecular formula is C23H19N3O5. The van der Waals surface area contributed by atoms with Gasteiger partial charge in [0.2, 0.25) is 0 Å². The second-order valence-corrected chi connectivity index (χ2v) is 7.75. The van der Waals surface area contributed by atoms with E-state index in [9.17, 15) is 14.4 Å². The molecule has 1 fully saturated rings. The number of ether oxygens (including phenoxy) is 1. The summed E-state index contributed by atoms with van der Waals surface area (Å²) in [6, 6.07) is 15.3. The summed E-state index contributed by atoms with van der Waals surface area (Å²) in [5, 5.41) is 4.01. The maximum Gasteiger partial charge on any atom is 0.338 e. The van der Waals surface area contributed by atoms with Crippen molar-refractivity contribution in [3.63, 3.8) is 0 Å². The lowest BCUT2D eigenvalue weighted by molar-refractivity contribution is 0.0264. The Balaban J connectivity index is 1.21. The zero-order chi connectivity index (χ0) is 21.5. The number of hydrogen-bond donors (Lipinski definition) is 0. The van der Waals surface area contributed by atoms with E-state index in [0.717, 1.165) is 0 Å². The first-order valence-electron chi connectivity index (χ1n) is 10.1. The van der Waals surface area contributed by atoms with E-state index in [0.29, 0.717) is 35.4 Å². The molecule has 1 aromatic heterocycles. The van der Waals surface area contributed by atoms with Gasteiger partial charge in [-0.05, 0) is 44.0 Å². The lowest BCUT2D eigenvalue weighted by atomic mass is 9.79. The molecule has 31 heavy (non-hydrogen) atoms. The molecule has 2 amide bonds. The van der Waals surface area contributed by atoms with Crippen molar-refractivity contribution in [1.82, 2.24) is 15.0 Å². The van der Waals surface area contributed by atoms with Gasteiger partial charge in [-0.1, -0.05) is 35.5 Å². The number of esters is 1. The van der Waals surface area contributed by atoms with E-state index in [1.165, 1.54) is 4.90 Å². The van der Waals surface area contributed by atoms with Gasteiger partial charge in [-0.15, -0.1) is 0 Å². The van der Waals surface area contributed by atoms with Gasteiger partial charge < -0.3 is 9.26 Å². The number of benzene rings is 2. The molecule has 1 saturated carbocycles. The average molecular weight is 417 g/mol. The highest BCUT2D eigenvalue weighted by Gasteiger charge is 2.46. The summed E-state index contributed by atoms with van der Waals surface area (Å²) in [5.41, 5.74) is 1.34. The van der Waals surface area contributed by atoms with E-state index in [1.54, 1.807) is 55.5 Å². The minimum absolute atomic E-state index is 0.0242. The summed E-state index contributed by atoms with van der Waals surface area (Å²) in [6.45, 7) is 1.67. The van der Waals surface area contributed by atoms with E-state index in [4.69, 9.17) is 9.26 Å². The van der Waals surface area contributed by atoms with Gasteiger partial charge in [0.15, 0.2) is 11.9 Å². The standard InChI is InChI=1S/C23H19N3O5/c1-13(30-23(29)14-7-3-2-4-8-14)20-24-19(25-31-20)15-11-16(12-15)26-21(27)17-9-5-6-10-18(17)22(26)28/h2-10,13,15-16H,11-12H2,1H3. The highest BCUT2D eigenvalue weighted by molar-refractivity contribution is 6.21. The van der Waals surface area contributed by atoms with Crippen molar-refractivity contribution in [2.24, 2.45) is 0 Å². The first-order chi connectivity index (χ1) is 15.0. The Morgan fingerprint density at radius 1 is 1.03 bits per heavy atom. The minimum atomic E-state index is -0.693. The summed E-state index contributed by atoms with van der Waals surface area (Å²) < 4.78 is 10.7. The van der Waals surface area contributed by atoms with Crippen LogP contribution in [0.5, 0.6) is 0 Å². The number of rotatable bonds is 5. The van der Waals surface area contributed by atoms with Gasteiger partial charge in [-0.2, -0.15) is 4.98 Å². The molecule has 2 heterocycles. The topological polar surface area (TPSA) is 103 Å². The largest absolute Gasteiger partial charge is 0.449 e. The Morgan fingerprint density at radius 2 is 1.65 bits per heavy atom. The van der Waals surface area contributed by atoms with Crippen LogP contribution in [0, 0.1) is 0 Å². The van der Waals surface area contributed by atoms with E-state index in [-0.39, 0.29) is 29.7 Å². The number of amides is 2. The van der Waals surface area contributed by atoms with Crippen LogP contribution in [-0.4, -0.2) is 38.9 Å². The van der Waals surface area contributed by atoms with Gasteiger partial charge in [-0.25, -0.2) is 4.79 Å². The number of aromatic nitrogens is 2. The number of fused-ring (bicyclic) bond motifs is 1. The molecule has 0 bridgehead atoms. The van der Waals surface area contributed by atoms with Gasteiger partial charge in [0.25, 0.3) is 17.7 Å². The van der Waals surface area contributed by atoms with Gasteiger partial charge in [-0.3, -0.25) is 14.5 Å². The Morgan fingerprint density at radius 3 is 2.29 bits per heavy atom. The lowest BCUT2D eigenvalue weighted by Crippen LogP contribution is -2.47. The quantitative estimate of drug-likeness (QED) is 0.462. The molecule has 2 aromatic carbocycles. The van der Waals surface area contributed by atoms with Crippen molar-refractivity contribution in [1.29, 1.82) is 0 Å². The fourth-order valence-corrected chi connectivity index (χ4v) is 3.98. The van der Waals surface area contributed by atoms with Crippen LogP contribution in [0.15, 0.2) is 59.1 Å². The predicted octanol–water partition coefficient (Wildman–Crippen LogP) is 3.53. The highest BCUT2D eigenvalue weighted by atomic mass is 16.6. The van der Waals surface area contributed by atoms with Crippen LogP contribution >= 0.6 is 0 Å². The van der Waals surface area contributed by atoms with Gasteiger partial charge in [0, 0.05) is 12.0 Å². The third-order valence-electron chi connectivity index (χ3n) is 5.77. The molecule has 1 aliphatic heterocycles. The van der Waals surface area contributed by atoms with Crippen LogP contribution in [0.4, 0.5) is 0 Å². The van der Waals surface area contributed by atoms with E-state index in [1.807, 2.05) is 6.07 Å². The molecule has 1 atom stereocenters. The summed E-state index contributed by atoms with van der Waals surface area (Å²) in [6.07, 6.45) is 0.451. The SMILES string of the molecule is CC(OC(=O)c1ccccc1)c1nc(C2CC(N3C(=O)c4ccccc4C3=O)C2)no1. The van der Waals surface area contributed by atoms with Crippen molar-refractivity contribution in [3.05, 3.63) is 83.0 Å². The van der Waals surface area contributed by atoms with Crippen LogP contribution in [-0.2, 0) is 4.74 Å². The predicted molar refractivity (Wildman–Crippen MR) is 107 cm³/mol. The summed E-state index contributed by atoms with van der Waals surface area (Å²) in [5.74, 6) is -0.293. The molecule has 2 aliphatic rings. The Labute approximate surface area is 177 Å². The average Bonchev–Trinajstić information content (AvgIpc) is 3.33. The van der Waals surface area contributed by atoms with Crippen molar-refractivity contribution >= 4 is 17.8 Å². The second kappa shape index (κ2) is 7.46. The number of carbonyl (C=O) groups excluding carboxylic acids is 3. The molecule has 8 heteroatoms. The molecule has 0 spiro atoms. The molecule has 0 N–H and O–H groups in total. The van der Waals surface area contributed by atoms with E-state index < -0.39 is 12.1 Å². The van der Waals surface area contributed by atoms with Crippen LogP contribution in [0.3, 0.4) is 0 Å². The number of nitrogens with zero attached hydrogens (tertiary/aromatic N) is 3. The van der Waals surface area contributed by atoms with Crippen molar-refractivity contribution in [2.45, 2.75) is 37.8 Å². The molecule has 8 nitrogen and oxygen atoms in total. The normalized spacial score (nSPS) is 20.9. The molecule has 1 unspecified atom stereocenters. The summed E-state index contributed by atoms with van der Waals surface area (Å²) >= 11 is 0. The first kappa shape index (κ1) is 19.2. The highest BCUT2D eigenvalue weighted by Crippen LogP contribution is 2.41. The van der Waals surface area contributed by atoms with E-state index in [2.05, 4.69) is 10.1 Å². The molecule has 3 aromatic rings. The van der Waals surface area contributed by atoms with Crippen LogP contribution < -0.4 is 0 Å². The smallest absolute Gasteiger partial charge is 0.338 e. The first-order valence-corrected chi connectivity index (χ1v) is 10.1. The third-order valence-corrected chi connectivity index (χ3v) is 5.77. The number of hydrogen-bond acceptors (Lipinski definition) is 7. The fourth-order valence-electron chi connectivity index (χ4n) is 3.98. The van der Waals surface area contributed by atoms with Crippen LogP contribution in [0.25, 0.3) is 0 Å². The molecule has 156 valence electrons. The maximum atomic E-state index is 12.6. The lowest BCUT2D eigenvalue weighted by Gasteiger charge is -2.38. The summed E-state index contributed by atoms with van der Waals surface area (Å²) in [7, 11) is 0. The van der Waals surface area contributed by atoms with Crippen LogP contribution in [0.2, 0.25) is 0 Å². The zero-order valence-electron chi connectivity index (χ0n) is 16.7. The Kier molecular flexibility index (Phi) is 4.62. The van der Waals surface area contributed by atoms with Crippen molar-refractivity contribution in [2.75, 3.05) is 0 Å². The molecule has 5 rings (SSSR count). The van der Waals surface area contributed by atoms with Crippen molar-refractivity contribution < 1.29 is 23.6 Å². The Hall–Kier alpha value is -3.81. The van der Waals surface area contributed by atoms with E-state index >= 15 is 0 Å². The number of imide groups is 1. The van der Waals surface area contributed by atoms with Gasteiger partial charge >= 0.3 is 5.97 Å².